The Balaban J connectivity index is 1.08. The average Bonchev–Trinajstić information content (AvgIpc) is 3.48. The highest BCUT2D eigenvalue weighted by Crippen LogP contribution is 2.39. The lowest BCUT2D eigenvalue weighted by molar-refractivity contribution is 0.298. The van der Waals surface area contributed by atoms with Gasteiger partial charge >= 0.3 is 0 Å². The molecule has 0 spiro atoms. The van der Waals surface area contributed by atoms with Gasteiger partial charge in [-0.05, 0) is 64.2 Å². The quantitative estimate of drug-likeness (QED) is 0.141. The summed E-state index contributed by atoms with van der Waals surface area (Å²) < 4.78 is 17.9. The van der Waals surface area contributed by atoms with E-state index in [-0.39, 0.29) is 12.5 Å². The Morgan fingerprint density at radius 2 is 1.11 bits per heavy atom. The fourth-order valence-electron chi connectivity index (χ4n) is 5.11. The van der Waals surface area contributed by atoms with Crippen LogP contribution in [-0.2, 0) is 13.2 Å². The Labute approximate surface area is 274 Å². The number of aromatic nitrogens is 1. The van der Waals surface area contributed by atoms with E-state index in [9.17, 15) is 0 Å². The highest BCUT2D eigenvalue weighted by Gasteiger charge is 2.23. The molecule has 0 fully saturated rings. The van der Waals surface area contributed by atoms with Crippen LogP contribution in [0.2, 0.25) is 10.0 Å². The molecule has 0 aliphatic rings. The third kappa shape index (κ3) is 7.11. The minimum atomic E-state index is 0.114. The molecule has 1 heterocycles. The molecule has 0 aliphatic carbocycles. The predicted octanol–water partition coefficient (Wildman–Crippen LogP) is 10.1. The fourth-order valence-corrected chi connectivity index (χ4v) is 5.69. The first-order valence-corrected chi connectivity index (χ1v) is 15.4. The summed E-state index contributed by atoms with van der Waals surface area (Å²) in [6.07, 6.45) is 0. The monoisotopic (exact) mass is 629 g/mol. The van der Waals surface area contributed by atoms with Gasteiger partial charge in [0.05, 0.1) is 15.6 Å². The van der Waals surface area contributed by atoms with Crippen molar-refractivity contribution in [1.82, 2.24) is 5.16 Å². The van der Waals surface area contributed by atoms with Crippen molar-refractivity contribution in [2.75, 3.05) is 0 Å². The minimum Gasteiger partial charge on any atom is -0.489 e. The minimum absolute atomic E-state index is 0.114. The van der Waals surface area contributed by atoms with Gasteiger partial charge in [-0.2, -0.15) is 0 Å². The van der Waals surface area contributed by atoms with Gasteiger partial charge < -0.3 is 14.0 Å². The molecule has 0 amide bonds. The molecule has 45 heavy (non-hydrogen) atoms. The van der Waals surface area contributed by atoms with Crippen LogP contribution in [0.3, 0.4) is 0 Å². The second kappa shape index (κ2) is 13.7. The van der Waals surface area contributed by atoms with Crippen molar-refractivity contribution >= 4 is 36.5 Å². The number of ether oxygens (including phenoxy) is 2. The summed E-state index contributed by atoms with van der Waals surface area (Å²) in [7, 11) is 5.80. The molecule has 0 unspecified atom stereocenters. The maximum Gasteiger partial charge on any atom is 0.146 e. The van der Waals surface area contributed by atoms with Gasteiger partial charge in [0.1, 0.15) is 44.0 Å². The van der Waals surface area contributed by atoms with Crippen LogP contribution in [-0.4, -0.2) is 13.0 Å². The first kappa shape index (κ1) is 30.6. The number of nitrogens with zero attached hydrogens (tertiary/aromatic N) is 1. The first-order chi connectivity index (χ1) is 21.9. The van der Waals surface area contributed by atoms with Crippen LogP contribution in [0.25, 0.3) is 33.5 Å². The molecule has 0 N–H and O–H groups in total. The highest BCUT2D eigenvalue weighted by molar-refractivity contribution is 6.39. The molecule has 0 aliphatic heterocycles. The lowest BCUT2D eigenvalue weighted by Gasteiger charge is -2.11. The van der Waals surface area contributed by atoms with E-state index in [1.165, 1.54) is 0 Å². The average molecular weight is 630 g/mol. The number of hydrogen-bond acceptors (Lipinski definition) is 4. The molecule has 0 saturated heterocycles. The topological polar surface area (TPSA) is 44.5 Å². The molecule has 7 heteroatoms. The standard InChI is InChI=1S/C38H30BCl2NO3/c1-24(2)38-33(37(42-45-38)36-34(40)4-3-5-35(36)41)23-44-32-20-14-28(15-21-32)26-8-6-25(7-9-26)22-43-31-18-12-29(13-19-31)27-10-16-30(39)17-11-27/h3-21,24H,22-23H2,1-2H3. The van der Waals surface area contributed by atoms with Crippen LogP contribution in [0.5, 0.6) is 11.5 Å². The van der Waals surface area contributed by atoms with Crippen molar-refractivity contribution in [3.05, 3.63) is 142 Å². The van der Waals surface area contributed by atoms with Crippen molar-refractivity contribution < 1.29 is 14.0 Å². The zero-order valence-electron chi connectivity index (χ0n) is 25.0. The molecule has 2 radical (unpaired) electrons. The fraction of sp³-hybridized carbons (Fsp3) is 0.132. The van der Waals surface area contributed by atoms with Gasteiger partial charge in [0.25, 0.3) is 0 Å². The van der Waals surface area contributed by atoms with Crippen molar-refractivity contribution in [1.29, 1.82) is 0 Å². The number of benzene rings is 5. The van der Waals surface area contributed by atoms with Gasteiger partial charge in [0.2, 0.25) is 0 Å². The second-order valence-corrected chi connectivity index (χ2v) is 11.9. The molecule has 6 aromatic rings. The third-order valence-electron chi connectivity index (χ3n) is 7.57. The number of hydrogen-bond donors (Lipinski definition) is 0. The molecule has 6 rings (SSSR count). The summed E-state index contributed by atoms with van der Waals surface area (Å²) in [6, 6.07) is 37.7. The molecule has 0 bridgehead atoms. The van der Waals surface area contributed by atoms with E-state index >= 15 is 0 Å². The van der Waals surface area contributed by atoms with Crippen LogP contribution < -0.4 is 14.9 Å². The molecular formula is C38H30BCl2NO3. The summed E-state index contributed by atoms with van der Waals surface area (Å²) in [5.74, 6) is 2.42. The summed E-state index contributed by atoms with van der Waals surface area (Å²) in [5.41, 5.74) is 8.36. The molecule has 222 valence electrons. The molecular weight excluding hydrogens is 600 g/mol. The van der Waals surface area contributed by atoms with E-state index in [4.69, 9.17) is 45.0 Å². The van der Waals surface area contributed by atoms with Crippen LogP contribution in [0.4, 0.5) is 0 Å². The van der Waals surface area contributed by atoms with E-state index in [0.717, 1.165) is 56.1 Å². The van der Waals surface area contributed by atoms with Gasteiger partial charge in [-0.15, -0.1) is 0 Å². The van der Waals surface area contributed by atoms with Crippen LogP contribution in [0, 0.1) is 0 Å². The summed E-state index contributed by atoms with van der Waals surface area (Å²) in [5, 5.41) is 5.34. The first-order valence-electron chi connectivity index (χ1n) is 14.7. The van der Waals surface area contributed by atoms with E-state index in [2.05, 4.69) is 55.4 Å². The Morgan fingerprint density at radius 3 is 1.62 bits per heavy atom. The van der Waals surface area contributed by atoms with Crippen LogP contribution in [0.15, 0.2) is 120 Å². The van der Waals surface area contributed by atoms with Gasteiger partial charge in [-0.1, -0.05) is 127 Å². The Kier molecular flexibility index (Phi) is 9.30. The van der Waals surface area contributed by atoms with E-state index < -0.39 is 0 Å². The molecule has 5 aromatic carbocycles. The lowest BCUT2D eigenvalue weighted by atomic mass is 9.94. The predicted molar refractivity (Wildman–Crippen MR) is 184 cm³/mol. The zero-order valence-corrected chi connectivity index (χ0v) is 26.5. The normalized spacial score (nSPS) is 11.1. The summed E-state index contributed by atoms with van der Waals surface area (Å²) >= 11 is 13.0. The summed E-state index contributed by atoms with van der Waals surface area (Å²) in [4.78, 5) is 0. The molecule has 0 saturated carbocycles. The van der Waals surface area contributed by atoms with Gasteiger partial charge in [0.15, 0.2) is 0 Å². The van der Waals surface area contributed by atoms with Crippen molar-refractivity contribution in [3.8, 4) is 45.0 Å². The smallest absolute Gasteiger partial charge is 0.146 e. The van der Waals surface area contributed by atoms with Crippen molar-refractivity contribution in [2.45, 2.75) is 33.0 Å². The molecule has 1 aromatic heterocycles. The van der Waals surface area contributed by atoms with Crippen LogP contribution >= 0.6 is 23.2 Å². The van der Waals surface area contributed by atoms with Gasteiger partial charge in [-0.3, -0.25) is 0 Å². The molecule has 4 nitrogen and oxygen atoms in total. The van der Waals surface area contributed by atoms with Gasteiger partial charge in [0, 0.05) is 11.5 Å². The largest absolute Gasteiger partial charge is 0.489 e. The Hall–Kier alpha value is -4.45. The Morgan fingerprint density at radius 1 is 0.644 bits per heavy atom. The second-order valence-electron chi connectivity index (χ2n) is 11.1. The van der Waals surface area contributed by atoms with E-state index in [1.54, 1.807) is 18.2 Å². The highest BCUT2D eigenvalue weighted by atomic mass is 35.5. The summed E-state index contributed by atoms with van der Waals surface area (Å²) in [6.45, 7) is 4.85. The van der Waals surface area contributed by atoms with Crippen LogP contribution in [0.1, 0.15) is 36.7 Å². The zero-order chi connectivity index (χ0) is 31.3. The number of halogens is 2. The third-order valence-corrected chi connectivity index (χ3v) is 8.20. The number of rotatable bonds is 10. The van der Waals surface area contributed by atoms with Crippen molar-refractivity contribution in [3.63, 3.8) is 0 Å². The maximum atomic E-state index is 6.48. The lowest BCUT2D eigenvalue weighted by Crippen LogP contribution is -2.01. The van der Waals surface area contributed by atoms with Gasteiger partial charge in [-0.25, -0.2) is 0 Å². The SMILES string of the molecule is [B]c1ccc(-c2ccc(OCc3ccc(-c4ccc(OCc5c(-c6c(Cl)cccc6Cl)noc5C(C)C)cc4)cc3)cc2)cc1. The van der Waals surface area contributed by atoms with E-state index in [0.29, 0.717) is 27.9 Å². The Bertz CT molecular complexity index is 1860. The molecule has 0 atom stereocenters. The van der Waals surface area contributed by atoms with E-state index in [1.807, 2.05) is 60.7 Å². The van der Waals surface area contributed by atoms with Crippen molar-refractivity contribution in [2.24, 2.45) is 0 Å². The maximum absolute atomic E-state index is 6.48.